The molecule has 2 rings (SSSR count). The lowest BCUT2D eigenvalue weighted by atomic mass is 9.86. The van der Waals surface area contributed by atoms with E-state index >= 15 is 0 Å². The van der Waals surface area contributed by atoms with Crippen LogP contribution in [0.3, 0.4) is 0 Å². The average molecular weight is 280 g/mol. The molecular weight excluding hydrogens is 255 g/mol. The highest BCUT2D eigenvalue weighted by Gasteiger charge is 2.28. The van der Waals surface area contributed by atoms with Gasteiger partial charge in [0.15, 0.2) is 11.6 Å². The number of hydrogen-bond acceptors (Lipinski definition) is 3. The minimum atomic E-state index is -0.294. The number of piperidine rings is 1. The largest absolute Gasteiger partial charge is 0.494 e. The Labute approximate surface area is 120 Å². The minimum Gasteiger partial charge on any atom is -0.494 e. The maximum absolute atomic E-state index is 13.8. The van der Waals surface area contributed by atoms with E-state index in [0.29, 0.717) is 17.6 Å². The van der Waals surface area contributed by atoms with E-state index in [1.54, 1.807) is 12.1 Å². The Bertz CT molecular complexity index is 452. The van der Waals surface area contributed by atoms with Crippen LogP contribution in [0.5, 0.6) is 5.75 Å². The van der Waals surface area contributed by atoms with Gasteiger partial charge in [0.25, 0.3) is 0 Å². The lowest BCUT2D eigenvalue weighted by molar-refractivity contribution is 0.0977. The molecule has 3 nitrogen and oxygen atoms in total. The van der Waals surface area contributed by atoms with Gasteiger partial charge in [-0.3, -0.25) is 4.90 Å². The molecule has 1 heterocycles. The molecule has 1 aromatic carbocycles. The molecule has 1 saturated heterocycles. The van der Waals surface area contributed by atoms with Crippen molar-refractivity contribution in [3.05, 3.63) is 29.6 Å². The van der Waals surface area contributed by atoms with Crippen LogP contribution in [0.4, 0.5) is 4.39 Å². The van der Waals surface area contributed by atoms with Crippen molar-refractivity contribution in [2.24, 2.45) is 17.6 Å². The van der Waals surface area contributed by atoms with E-state index in [-0.39, 0.29) is 11.9 Å². The number of halogens is 1. The van der Waals surface area contributed by atoms with Gasteiger partial charge in [-0.1, -0.05) is 13.0 Å². The zero-order valence-corrected chi connectivity index (χ0v) is 12.6. The summed E-state index contributed by atoms with van der Waals surface area (Å²) in [6.07, 6.45) is 1.16. The van der Waals surface area contributed by atoms with Gasteiger partial charge in [0.1, 0.15) is 0 Å². The highest BCUT2D eigenvalue weighted by Crippen LogP contribution is 2.30. The van der Waals surface area contributed by atoms with Gasteiger partial charge in [0.2, 0.25) is 0 Å². The molecule has 0 aromatic heterocycles. The van der Waals surface area contributed by atoms with Crippen molar-refractivity contribution >= 4 is 0 Å². The summed E-state index contributed by atoms with van der Waals surface area (Å²) < 4.78 is 18.8. The molecule has 1 fully saturated rings. The molecule has 0 spiro atoms. The van der Waals surface area contributed by atoms with Gasteiger partial charge in [0, 0.05) is 12.6 Å². The summed E-state index contributed by atoms with van der Waals surface area (Å²) in [6, 6.07) is 5.44. The van der Waals surface area contributed by atoms with E-state index in [1.807, 2.05) is 6.07 Å². The molecule has 1 aromatic rings. The number of methoxy groups -OCH3 is 1. The second kappa shape index (κ2) is 6.55. The number of benzene rings is 1. The maximum atomic E-state index is 13.8. The number of likely N-dealkylation sites (tertiary alicyclic amines) is 1. The molecule has 1 aliphatic rings. The van der Waals surface area contributed by atoms with Crippen LogP contribution in [0.25, 0.3) is 0 Å². The zero-order chi connectivity index (χ0) is 14.7. The molecule has 1 aliphatic heterocycles. The predicted octanol–water partition coefficient (Wildman–Crippen LogP) is 2.81. The van der Waals surface area contributed by atoms with Crippen molar-refractivity contribution in [3.63, 3.8) is 0 Å². The number of rotatable bonds is 4. The Balaban J connectivity index is 2.11. The Kier molecular flexibility index (Phi) is 5.00. The smallest absolute Gasteiger partial charge is 0.165 e. The third-order valence-electron chi connectivity index (χ3n) is 4.65. The fourth-order valence-corrected chi connectivity index (χ4v) is 2.99. The molecule has 3 unspecified atom stereocenters. The van der Waals surface area contributed by atoms with Gasteiger partial charge >= 0.3 is 0 Å². The molecule has 0 amide bonds. The first-order valence-electron chi connectivity index (χ1n) is 7.34. The van der Waals surface area contributed by atoms with Crippen LogP contribution >= 0.6 is 0 Å². The first kappa shape index (κ1) is 15.3. The van der Waals surface area contributed by atoms with Gasteiger partial charge in [-0.2, -0.15) is 0 Å². The van der Waals surface area contributed by atoms with Crippen molar-refractivity contribution in [2.45, 2.75) is 26.3 Å². The summed E-state index contributed by atoms with van der Waals surface area (Å²) in [7, 11) is 1.49. The second-order valence-corrected chi connectivity index (χ2v) is 5.83. The molecule has 20 heavy (non-hydrogen) atoms. The van der Waals surface area contributed by atoms with Gasteiger partial charge in [-0.05, 0) is 56.0 Å². The first-order chi connectivity index (χ1) is 9.56. The Morgan fingerprint density at radius 3 is 2.85 bits per heavy atom. The van der Waals surface area contributed by atoms with Crippen LogP contribution in [-0.4, -0.2) is 31.6 Å². The average Bonchev–Trinajstić information content (AvgIpc) is 2.47. The van der Waals surface area contributed by atoms with Crippen LogP contribution in [0.1, 0.15) is 31.9 Å². The standard InChI is InChI=1S/C16H25FN2O/c1-11-6-7-19(10-14(11)9-18)12(2)13-4-5-16(20-3)15(17)8-13/h4-5,8,11-12,14H,6-7,9-10,18H2,1-3H3. The van der Waals surface area contributed by atoms with Gasteiger partial charge in [-0.25, -0.2) is 4.39 Å². The van der Waals surface area contributed by atoms with E-state index in [9.17, 15) is 4.39 Å². The topological polar surface area (TPSA) is 38.5 Å². The van der Waals surface area contributed by atoms with Crippen molar-refractivity contribution in [2.75, 3.05) is 26.7 Å². The molecule has 2 N–H and O–H groups in total. The Morgan fingerprint density at radius 2 is 2.25 bits per heavy atom. The third-order valence-corrected chi connectivity index (χ3v) is 4.65. The fourth-order valence-electron chi connectivity index (χ4n) is 2.99. The molecule has 0 saturated carbocycles. The van der Waals surface area contributed by atoms with Crippen LogP contribution in [0.2, 0.25) is 0 Å². The Morgan fingerprint density at radius 1 is 1.50 bits per heavy atom. The van der Waals surface area contributed by atoms with E-state index in [1.165, 1.54) is 7.11 Å². The number of nitrogens with two attached hydrogens (primary N) is 1. The molecule has 112 valence electrons. The monoisotopic (exact) mass is 280 g/mol. The molecule has 0 bridgehead atoms. The summed E-state index contributed by atoms with van der Waals surface area (Å²) in [4.78, 5) is 2.40. The SMILES string of the molecule is COc1ccc(C(C)N2CCC(C)C(CN)C2)cc1F. The second-order valence-electron chi connectivity index (χ2n) is 5.83. The molecule has 3 atom stereocenters. The van der Waals surface area contributed by atoms with Crippen molar-refractivity contribution in [1.29, 1.82) is 0 Å². The molecule has 0 aliphatic carbocycles. The summed E-state index contributed by atoms with van der Waals surface area (Å²) in [5.74, 6) is 1.22. The Hall–Kier alpha value is -1.13. The summed E-state index contributed by atoms with van der Waals surface area (Å²) in [5.41, 5.74) is 6.85. The van der Waals surface area contributed by atoms with E-state index in [4.69, 9.17) is 10.5 Å². The number of nitrogens with zero attached hydrogens (tertiary/aromatic N) is 1. The summed E-state index contributed by atoms with van der Waals surface area (Å²) >= 11 is 0. The van der Waals surface area contributed by atoms with Crippen LogP contribution in [0.15, 0.2) is 18.2 Å². The fraction of sp³-hybridized carbons (Fsp3) is 0.625. The quantitative estimate of drug-likeness (QED) is 0.921. The molecular formula is C16H25FN2O. The first-order valence-corrected chi connectivity index (χ1v) is 7.34. The van der Waals surface area contributed by atoms with Crippen LogP contribution in [0, 0.1) is 17.7 Å². The maximum Gasteiger partial charge on any atom is 0.165 e. The highest BCUT2D eigenvalue weighted by atomic mass is 19.1. The number of ether oxygens (including phenoxy) is 1. The van der Waals surface area contributed by atoms with Crippen LogP contribution in [-0.2, 0) is 0 Å². The van der Waals surface area contributed by atoms with Crippen molar-refractivity contribution in [1.82, 2.24) is 4.90 Å². The minimum absolute atomic E-state index is 0.206. The van der Waals surface area contributed by atoms with E-state index in [0.717, 1.165) is 31.6 Å². The van der Waals surface area contributed by atoms with Gasteiger partial charge < -0.3 is 10.5 Å². The summed E-state index contributed by atoms with van der Waals surface area (Å²) in [5, 5.41) is 0. The highest BCUT2D eigenvalue weighted by molar-refractivity contribution is 5.30. The lowest BCUT2D eigenvalue weighted by Crippen LogP contribution is -2.43. The van der Waals surface area contributed by atoms with E-state index < -0.39 is 0 Å². The zero-order valence-electron chi connectivity index (χ0n) is 12.6. The van der Waals surface area contributed by atoms with Crippen molar-refractivity contribution < 1.29 is 9.13 Å². The van der Waals surface area contributed by atoms with E-state index in [2.05, 4.69) is 18.7 Å². The van der Waals surface area contributed by atoms with Gasteiger partial charge in [0.05, 0.1) is 7.11 Å². The van der Waals surface area contributed by atoms with Crippen molar-refractivity contribution in [3.8, 4) is 5.75 Å². The molecule has 4 heteroatoms. The number of hydrogen-bond donors (Lipinski definition) is 1. The normalized spacial score (nSPS) is 25.4. The molecule has 0 radical (unpaired) electrons. The third kappa shape index (κ3) is 3.13. The lowest BCUT2D eigenvalue weighted by Gasteiger charge is -2.40. The van der Waals surface area contributed by atoms with Crippen LogP contribution < -0.4 is 10.5 Å². The predicted molar refractivity (Wildman–Crippen MR) is 79.3 cm³/mol. The van der Waals surface area contributed by atoms with Gasteiger partial charge in [-0.15, -0.1) is 0 Å². The summed E-state index contributed by atoms with van der Waals surface area (Å²) in [6.45, 7) is 7.16.